The fourth-order valence-electron chi connectivity index (χ4n) is 2.38. The number of halogens is 1. The molecule has 1 N–H and O–H groups in total. The second kappa shape index (κ2) is 7.39. The van der Waals surface area contributed by atoms with E-state index >= 15 is 0 Å². The van der Waals surface area contributed by atoms with Crippen LogP contribution in [0.15, 0.2) is 24.3 Å². The van der Waals surface area contributed by atoms with Crippen molar-refractivity contribution < 1.29 is 0 Å². The van der Waals surface area contributed by atoms with E-state index in [-0.39, 0.29) is 0 Å². The molecule has 1 aliphatic heterocycles. The topological polar surface area (TPSA) is 15.3 Å². The molecule has 1 heterocycles. The Kier molecular flexibility index (Phi) is 5.83. The van der Waals surface area contributed by atoms with E-state index in [0.717, 1.165) is 31.2 Å². The van der Waals surface area contributed by atoms with Gasteiger partial charge in [0.1, 0.15) is 0 Å². The van der Waals surface area contributed by atoms with Crippen LogP contribution < -0.4 is 5.32 Å². The smallest absolute Gasteiger partial charge is 0.0474 e. The van der Waals surface area contributed by atoms with Gasteiger partial charge >= 0.3 is 0 Å². The van der Waals surface area contributed by atoms with Gasteiger partial charge in [-0.3, -0.25) is 4.90 Å². The average Bonchev–Trinajstić information content (AvgIpc) is 2.40. The largest absolute Gasteiger partial charge is 0.314 e. The molecule has 2 rings (SSSR count). The summed E-state index contributed by atoms with van der Waals surface area (Å²) in [6.07, 6.45) is 0. The minimum atomic E-state index is 0.468. The Morgan fingerprint density at radius 3 is 3.17 bits per heavy atom. The second-order valence-corrected chi connectivity index (χ2v) is 6.34. The zero-order valence-electron chi connectivity index (χ0n) is 10.9. The monoisotopic (exact) mass is 284 g/mol. The molecule has 18 heavy (non-hydrogen) atoms. The first-order valence-corrected chi connectivity index (χ1v) is 8.12. The van der Waals surface area contributed by atoms with Crippen LogP contribution in [0.1, 0.15) is 18.5 Å². The number of thioether (sulfide) groups is 1. The highest BCUT2D eigenvalue weighted by atomic mass is 35.5. The van der Waals surface area contributed by atoms with E-state index in [1.165, 1.54) is 17.1 Å². The molecule has 0 radical (unpaired) electrons. The van der Waals surface area contributed by atoms with Gasteiger partial charge < -0.3 is 5.32 Å². The van der Waals surface area contributed by atoms with Gasteiger partial charge in [-0.25, -0.2) is 0 Å². The van der Waals surface area contributed by atoms with E-state index in [1.807, 2.05) is 23.9 Å². The molecule has 1 unspecified atom stereocenters. The quantitative estimate of drug-likeness (QED) is 0.837. The van der Waals surface area contributed by atoms with Gasteiger partial charge in [0.25, 0.3) is 0 Å². The van der Waals surface area contributed by atoms with E-state index in [2.05, 4.69) is 29.3 Å². The molecule has 0 bridgehead atoms. The third-order valence-corrected chi connectivity index (χ3v) is 4.43. The van der Waals surface area contributed by atoms with Gasteiger partial charge in [0, 0.05) is 43.0 Å². The lowest BCUT2D eigenvalue weighted by molar-refractivity contribution is 0.172. The summed E-state index contributed by atoms with van der Waals surface area (Å²) in [6.45, 7) is 6.63. The number of hydrogen-bond donors (Lipinski definition) is 1. The van der Waals surface area contributed by atoms with Crippen molar-refractivity contribution >= 4 is 23.4 Å². The predicted molar refractivity (Wildman–Crippen MR) is 81.6 cm³/mol. The van der Waals surface area contributed by atoms with Crippen LogP contribution in [0.25, 0.3) is 0 Å². The molecule has 1 aliphatic rings. The summed E-state index contributed by atoms with van der Waals surface area (Å²) in [5.41, 5.74) is 1.33. The minimum Gasteiger partial charge on any atom is -0.314 e. The molecular formula is C14H21ClN2S. The van der Waals surface area contributed by atoms with E-state index in [9.17, 15) is 0 Å². The maximum absolute atomic E-state index is 6.10. The lowest BCUT2D eigenvalue weighted by atomic mass is 10.0. The first-order valence-electron chi connectivity index (χ1n) is 6.59. The highest BCUT2D eigenvalue weighted by molar-refractivity contribution is 7.99. The number of rotatable bonds is 5. The normalized spacial score (nSPS) is 21.1. The molecular weight excluding hydrogens is 264 g/mol. The van der Waals surface area contributed by atoms with Gasteiger partial charge in [0.2, 0.25) is 0 Å². The SMILES string of the molecule is CCSCCN1CCNCC1c1cccc(Cl)c1. The third-order valence-electron chi connectivity index (χ3n) is 3.31. The predicted octanol–water partition coefficient (Wildman–Crippen LogP) is 3.04. The van der Waals surface area contributed by atoms with Gasteiger partial charge in [-0.15, -0.1) is 0 Å². The first-order chi connectivity index (χ1) is 8.81. The zero-order chi connectivity index (χ0) is 12.8. The maximum Gasteiger partial charge on any atom is 0.0474 e. The summed E-state index contributed by atoms with van der Waals surface area (Å²) < 4.78 is 0. The van der Waals surface area contributed by atoms with Crippen molar-refractivity contribution in [2.24, 2.45) is 0 Å². The molecule has 1 fully saturated rings. The minimum absolute atomic E-state index is 0.468. The summed E-state index contributed by atoms with van der Waals surface area (Å²) >= 11 is 8.11. The van der Waals surface area contributed by atoms with Gasteiger partial charge in [-0.1, -0.05) is 30.7 Å². The van der Waals surface area contributed by atoms with Crippen molar-refractivity contribution in [2.75, 3.05) is 37.7 Å². The average molecular weight is 285 g/mol. The number of piperazine rings is 1. The Morgan fingerprint density at radius 2 is 2.39 bits per heavy atom. The molecule has 0 amide bonds. The molecule has 1 aromatic carbocycles. The maximum atomic E-state index is 6.10. The molecule has 2 nitrogen and oxygen atoms in total. The van der Waals surface area contributed by atoms with Crippen LogP contribution in [0.4, 0.5) is 0 Å². The third kappa shape index (κ3) is 3.89. The lowest BCUT2D eigenvalue weighted by Crippen LogP contribution is -2.46. The second-order valence-electron chi connectivity index (χ2n) is 4.51. The van der Waals surface area contributed by atoms with E-state index in [0.29, 0.717) is 6.04 Å². The first kappa shape index (κ1) is 14.2. The molecule has 0 saturated carbocycles. The van der Waals surface area contributed by atoms with Crippen molar-refractivity contribution in [2.45, 2.75) is 13.0 Å². The summed E-state index contributed by atoms with van der Waals surface area (Å²) in [6, 6.07) is 8.74. The van der Waals surface area contributed by atoms with Crippen LogP contribution in [0.5, 0.6) is 0 Å². The molecule has 0 spiro atoms. The van der Waals surface area contributed by atoms with E-state index in [4.69, 9.17) is 11.6 Å². The van der Waals surface area contributed by atoms with Crippen LogP contribution in [-0.4, -0.2) is 42.6 Å². The summed E-state index contributed by atoms with van der Waals surface area (Å²) in [7, 11) is 0. The molecule has 1 atom stereocenters. The van der Waals surface area contributed by atoms with Crippen LogP contribution in [0.3, 0.4) is 0 Å². The fourth-order valence-corrected chi connectivity index (χ4v) is 3.23. The van der Waals surface area contributed by atoms with Crippen LogP contribution >= 0.6 is 23.4 Å². The Bertz CT molecular complexity index is 373. The number of nitrogens with one attached hydrogen (secondary N) is 1. The van der Waals surface area contributed by atoms with Crippen molar-refractivity contribution in [1.82, 2.24) is 10.2 Å². The highest BCUT2D eigenvalue weighted by Gasteiger charge is 2.23. The standard InChI is InChI=1S/C14H21ClN2S/c1-2-18-9-8-17-7-6-16-11-14(17)12-4-3-5-13(15)10-12/h3-5,10,14,16H,2,6-9,11H2,1H3. The summed E-state index contributed by atoms with van der Waals surface area (Å²) in [4.78, 5) is 2.57. The van der Waals surface area contributed by atoms with Crippen LogP contribution in [-0.2, 0) is 0 Å². The number of nitrogens with zero attached hydrogens (tertiary/aromatic N) is 1. The lowest BCUT2D eigenvalue weighted by Gasteiger charge is -2.36. The Balaban J connectivity index is 2.03. The zero-order valence-corrected chi connectivity index (χ0v) is 12.4. The molecule has 1 aromatic rings. The Hall–Kier alpha value is -0.220. The summed E-state index contributed by atoms with van der Waals surface area (Å²) in [5.74, 6) is 2.42. The van der Waals surface area contributed by atoms with Crippen molar-refractivity contribution in [3.05, 3.63) is 34.9 Å². The van der Waals surface area contributed by atoms with Gasteiger partial charge in [0.15, 0.2) is 0 Å². The highest BCUT2D eigenvalue weighted by Crippen LogP contribution is 2.24. The Morgan fingerprint density at radius 1 is 1.50 bits per heavy atom. The van der Waals surface area contributed by atoms with Gasteiger partial charge in [-0.2, -0.15) is 11.8 Å². The molecule has 1 saturated heterocycles. The molecule has 0 aliphatic carbocycles. The van der Waals surface area contributed by atoms with Crippen molar-refractivity contribution in [1.29, 1.82) is 0 Å². The van der Waals surface area contributed by atoms with Crippen LogP contribution in [0.2, 0.25) is 5.02 Å². The van der Waals surface area contributed by atoms with E-state index in [1.54, 1.807) is 0 Å². The van der Waals surface area contributed by atoms with Crippen LogP contribution in [0, 0.1) is 0 Å². The van der Waals surface area contributed by atoms with Gasteiger partial charge in [-0.05, 0) is 23.4 Å². The fraction of sp³-hybridized carbons (Fsp3) is 0.571. The molecule has 4 heteroatoms. The molecule has 100 valence electrons. The Labute approximate surface area is 119 Å². The number of hydrogen-bond acceptors (Lipinski definition) is 3. The van der Waals surface area contributed by atoms with Crippen molar-refractivity contribution in [3.8, 4) is 0 Å². The number of benzene rings is 1. The van der Waals surface area contributed by atoms with E-state index < -0.39 is 0 Å². The van der Waals surface area contributed by atoms with Gasteiger partial charge in [0.05, 0.1) is 0 Å². The van der Waals surface area contributed by atoms with Crippen molar-refractivity contribution in [3.63, 3.8) is 0 Å². The summed E-state index contributed by atoms with van der Waals surface area (Å²) in [5, 5.41) is 4.32. The molecule has 0 aromatic heterocycles.